The molecule has 4 aromatic rings. The maximum atomic E-state index is 9.33. The molecule has 5 nitrogen and oxygen atoms in total. The van der Waals surface area contributed by atoms with Gasteiger partial charge in [0.2, 0.25) is 0 Å². The lowest BCUT2D eigenvalue weighted by molar-refractivity contribution is 0.282. The minimum Gasteiger partial charge on any atom is -0.392 e. The third-order valence-electron chi connectivity index (χ3n) is 4.04. The van der Waals surface area contributed by atoms with E-state index >= 15 is 0 Å². The SMILES string of the molecule is Nc1cc(-c2ccnc3[nH]c(-c4cccc(CO)c4)cc23)ccn1. The smallest absolute Gasteiger partial charge is 0.138 e. The Hall–Kier alpha value is -3.18. The molecule has 0 amide bonds. The highest BCUT2D eigenvalue weighted by molar-refractivity contribution is 5.96. The minimum atomic E-state index is 0.0217. The maximum absolute atomic E-state index is 9.33. The molecule has 0 aliphatic carbocycles. The highest BCUT2D eigenvalue weighted by atomic mass is 16.3. The second kappa shape index (κ2) is 5.79. The van der Waals surface area contributed by atoms with Crippen molar-refractivity contribution >= 4 is 16.9 Å². The van der Waals surface area contributed by atoms with Crippen molar-refractivity contribution in [2.45, 2.75) is 6.61 Å². The number of aromatic nitrogens is 3. The van der Waals surface area contributed by atoms with Gasteiger partial charge in [-0.2, -0.15) is 0 Å². The van der Waals surface area contributed by atoms with Crippen molar-refractivity contribution in [3.63, 3.8) is 0 Å². The number of nitrogens with one attached hydrogen (secondary N) is 1. The van der Waals surface area contributed by atoms with E-state index in [1.807, 2.05) is 42.5 Å². The Bertz CT molecular complexity index is 1020. The van der Waals surface area contributed by atoms with Gasteiger partial charge in [-0.3, -0.25) is 0 Å². The average molecular weight is 316 g/mol. The Balaban J connectivity index is 1.88. The van der Waals surface area contributed by atoms with Crippen molar-refractivity contribution in [2.24, 2.45) is 0 Å². The van der Waals surface area contributed by atoms with Gasteiger partial charge in [0.25, 0.3) is 0 Å². The van der Waals surface area contributed by atoms with E-state index in [0.29, 0.717) is 5.82 Å². The van der Waals surface area contributed by atoms with Crippen LogP contribution in [0.25, 0.3) is 33.4 Å². The number of fused-ring (bicyclic) bond motifs is 1. The number of pyridine rings is 2. The van der Waals surface area contributed by atoms with E-state index in [1.165, 1.54) is 0 Å². The summed E-state index contributed by atoms with van der Waals surface area (Å²) in [6, 6.07) is 15.6. The maximum Gasteiger partial charge on any atom is 0.138 e. The number of hydrogen-bond donors (Lipinski definition) is 3. The number of nitrogens with two attached hydrogens (primary N) is 1. The van der Waals surface area contributed by atoms with Crippen LogP contribution in [0.2, 0.25) is 0 Å². The third kappa shape index (κ3) is 2.51. The Labute approximate surface area is 138 Å². The number of anilines is 1. The summed E-state index contributed by atoms with van der Waals surface area (Å²) in [7, 11) is 0. The number of nitrogen functional groups attached to an aromatic ring is 1. The first-order valence-corrected chi connectivity index (χ1v) is 7.64. The molecule has 118 valence electrons. The predicted octanol–water partition coefficient (Wildman–Crippen LogP) is 3.37. The molecule has 0 aliphatic rings. The van der Waals surface area contributed by atoms with Gasteiger partial charge in [-0.1, -0.05) is 18.2 Å². The monoisotopic (exact) mass is 316 g/mol. The molecule has 4 N–H and O–H groups in total. The largest absolute Gasteiger partial charge is 0.392 e. The van der Waals surface area contributed by atoms with Crippen LogP contribution in [0, 0.1) is 0 Å². The van der Waals surface area contributed by atoms with E-state index in [2.05, 4.69) is 21.0 Å². The van der Waals surface area contributed by atoms with Crippen LogP contribution in [-0.4, -0.2) is 20.1 Å². The summed E-state index contributed by atoms with van der Waals surface area (Å²) in [5.74, 6) is 0.490. The van der Waals surface area contributed by atoms with E-state index in [1.54, 1.807) is 12.4 Å². The average Bonchev–Trinajstić information content (AvgIpc) is 3.06. The second-order valence-corrected chi connectivity index (χ2v) is 5.63. The quantitative estimate of drug-likeness (QED) is 0.541. The normalized spacial score (nSPS) is 11.0. The number of nitrogens with zero attached hydrogens (tertiary/aromatic N) is 2. The first-order valence-electron chi connectivity index (χ1n) is 7.64. The molecule has 3 aromatic heterocycles. The first kappa shape index (κ1) is 14.4. The fourth-order valence-corrected chi connectivity index (χ4v) is 2.89. The molecule has 0 unspecified atom stereocenters. The van der Waals surface area contributed by atoms with Crippen molar-refractivity contribution in [3.8, 4) is 22.4 Å². The summed E-state index contributed by atoms with van der Waals surface area (Å²) in [5.41, 5.74) is 11.5. The van der Waals surface area contributed by atoms with Crippen LogP contribution >= 0.6 is 0 Å². The Kier molecular flexibility index (Phi) is 3.48. The molecular weight excluding hydrogens is 300 g/mol. The molecule has 4 rings (SSSR count). The van der Waals surface area contributed by atoms with Crippen molar-refractivity contribution in [2.75, 3.05) is 5.73 Å². The van der Waals surface area contributed by atoms with Gasteiger partial charge in [0.15, 0.2) is 0 Å². The zero-order chi connectivity index (χ0) is 16.5. The highest BCUT2D eigenvalue weighted by Gasteiger charge is 2.10. The van der Waals surface area contributed by atoms with Gasteiger partial charge in [0.1, 0.15) is 11.5 Å². The summed E-state index contributed by atoms with van der Waals surface area (Å²) in [4.78, 5) is 11.8. The lowest BCUT2D eigenvalue weighted by Crippen LogP contribution is -1.90. The molecule has 0 radical (unpaired) electrons. The molecule has 0 aliphatic heterocycles. The number of aliphatic hydroxyl groups excluding tert-OH is 1. The van der Waals surface area contributed by atoms with Crippen LogP contribution in [-0.2, 0) is 6.61 Å². The number of aliphatic hydroxyl groups is 1. The lowest BCUT2D eigenvalue weighted by atomic mass is 10.0. The molecule has 5 heteroatoms. The second-order valence-electron chi connectivity index (χ2n) is 5.63. The van der Waals surface area contributed by atoms with Crippen LogP contribution in [0.1, 0.15) is 5.56 Å². The molecule has 0 spiro atoms. The Morgan fingerprint density at radius 3 is 2.67 bits per heavy atom. The van der Waals surface area contributed by atoms with Gasteiger partial charge in [0, 0.05) is 23.5 Å². The van der Waals surface area contributed by atoms with Gasteiger partial charge < -0.3 is 15.8 Å². The summed E-state index contributed by atoms with van der Waals surface area (Å²) in [6.45, 7) is 0.0217. The molecule has 0 saturated heterocycles. The zero-order valence-electron chi connectivity index (χ0n) is 12.9. The predicted molar refractivity (Wildman–Crippen MR) is 95.1 cm³/mol. The van der Waals surface area contributed by atoms with Gasteiger partial charge in [0.05, 0.1) is 6.61 Å². The molecule has 3 heterocycles. The van der Waals surface area contributed by atoms with Crippen molar-refractivity contribution in [3.05, 3.63) is 66.5 Å². The summed E-state index contributed by atoms with van der Waals surface area (Å²) >= 11 is 0. The lowest BCUT2D eigenvalue weighted by Gasteiger charge is -2.03. The molecule has 0 atom stereocenters. The summed E-state index contributed by atoms with van der Waals surface area (Å²) in [5, 5.41) is 10.3. The molecule has 24 heavy (non-hydrogen) atoms. The topological polar surface area (TPSA) is 87.8 Å². The highest BCUT2D eigenvalue weighted by Crippen LogP contribution is 2.31. The first-order chi connectivity index (χ1) is 11.7. The van der Waals surface area contributed by atoms with E-state index in [4.69, 9.17) is 5.73 Å². The van der Waals surface area contributed by atoms with Crippen LogP contribution < -0.4 is 5.73 Å². The summed E-state index contributed by atoms with van der Waals surface area (Å²) < 4.78 is 0. The van der Waals surface area contributed by atoms with E-state index in [0.717, 1.165) is 39.0 Å². The van der Waals surface area contributed by atoms with Crippen molar-refractivity contribution < 1.29 is 5.11 Å². The molecule has 0 saturated carbocycles. The summed E-state index contributed by atoms with van der Waals surface area (Å²) in [6.07, 6.45) is 3.48. The van der Waals surface area contributed by atoms with Crippen LogP contribution in [0.5, 0.6) is 0 Å². The standard InChI is InChI=1S/C19H16N4O/c20-18-9-13(4-6-21-18)15-5-7-22-19-16(15)10-17(23-19)14-3-1-2-12(8-14)11-24/h1-10,24H,11H2,(H2,20,21)(H,22,23). The van der Waals surface area contributed by atoms with Crippen molar-refractivity contribution in [1.29, 1.82) is 0 Å². The van der Waals surface area contributed by atoms with E-state index in [9.17, 15) is 5.11 Å². The Morgan fingerprint density at radius 2 is 1.83 bits per heavy atom. The number of H-pyrrole nitrogens is 1. The number of aromatic amines is 1. The molecule has 0 fully saturated rings. The van der Waals surface area contributed by atoms with Crippen LogP contribution in [0.15, 0.2) is 60.9 Å². The van der Waals surface area contributed by atoms with Gasteiger partial charge in [-0.05, 0) is 52.6 Å². The number of rotatable bonds is 3. The third-order valence-corrected chi connectivity index (χ3v) is 4.04. The minimum absolute atomic E-state index is 0.0217. The zero-order valence-corrected chi connectivity index (χ0v) is 12.9. The molecule has 0 bridgehead atoms. The fourth-order valence-electron chi connectivity index (χ4n) is 2.89. The van der Waals surface area contributed by atoms with Gasteiger partial charge in [-0.15, -0.1) is 0 Å². The van der Waals surface area contributed by atoms with E-state index in [-0.39, 0.29) is 6.61 Å². The molecular formula is C19H16N4O. The number of hydrogen-bond acceptors (Lipinski definition) is 4. The van der Waals surface area contributed by atoms with Crippen molar-refractivity contribution in [1.82, 2.24) is 15.0 Å². The fraction of sp³-hybridized carbons (Fsp3) is 0.0526. The van der Waals surface area contributed by atoms with Crippen LogP contribution in [0.3, 0.4) is 0 Å². The Morgan fingerprint density at radius 1 is 0.958 bits per heavy atom. The number of benzene rings is 1. The molecule has 1 aromatic carbocycles. The van der Waals surface area contributed by atoms with Gasteiger partial charge in [-0.25, -0.2) is 9.97 Å². The van der Waals surface area contributed by atoms with Gasteiger partial charge >= 0.3 is 0 Å². The van der Waals surface area contributed by atoms with Crippen LogP contribution in [0.4, 0.5) is 5.82 Å². The van der Waals surface area contributed by atoms with E-state index < -0.39 is 0 Å².